The Kier molecular flexibility index (Phi) is 3.71. The molecule has 1 aliphatic heterocycles. The average molecular weight is 267 g/mol. The van der Waals surface area contributed by atoms with Crippen LogP contribution in [0.5, 0.6) is 11.5 Å². The lowest BCUT2D eigenvalue weighted by Crippen LogP contribution is -2.47. The number of thioether (sulfide) groups is 1. The van der Waals surface area contributed by atoms with Gasteiger partial charge in [-0.15, -0.1) is 0 Å². The van der Waals surface area contributed by atoms with Crippen LogP contribution in [0.1, 0.15) is 24.2 Å². The maximum Gasteiger partial charge on any atom is 0.258 e. The molecular formula is C13H17NO3S. The van der Waals surface area contributed by atoms with E-state index in [2.05, 4.69) is 6.92 Å². The minimum atomic E-state index is -0.219. The first kappa shape index (κ1) is 13.1. The summed E-state index contributed by atoms with van der Waals surface area (Å²) in [6, 6.07) is 4.15. The Balaban J connectivity index is 2.27. The van der Waals surface area contributed by atoms with Crippen LogP contribution in [0.3, 0.4) is 0 Å². The molecule has 0 aromatic heterocycles. The zero-order valence-corrected chi connectivity index (χ0v) is 11.3. The molecule has 98 valence electrons. The summed E-state index contributed by atoms with van der Waals surface area (Å²) < 4.78 is 0. The van der Waals surface area contributed by atoms with Gasteiger partial charge < -0.3 is 15.1 Å². The third-order valence-corrected chi connectivity index (χ3v) is 4.69. The van der Waals surface area contributed by atoms with Gasteiger partial charge in [0, 0.05) is 23.6 Å². The van der Waals surface area contributed by atoms with E-state index < -0.39 is 0 Å². The van der Waals surface area contributed by atoms with Crippen molar-refractivity contribution in [2.24, 2.45) is 0 Å². The highest BCUT2D eigenvalue weighted by Gasteiger charge is 2.30. The van der Waals surface area contributed by atoms with Gasteiger partial charge in [-0.25, -0.2) is 0 Å². The van der Waals surface area contributed by atoms with E-state index in [0.717, 1.165) is 5.75 Å². The van der Waals surface area contributed by atoms with Crippen LogP contribution >= 0.6 is 11.8 Å². The van der Waals surface area contributed by atoms with Gasteiger partial charge in [-0.05, 0) is 25.1 Å². The highest BCUT2D eigenvalue weighted by molar-refractivity contribution is 8.00. The zero-order chi connectivity index (χ0) is 13.3. The lowest BCUT2D eigenvalue weighted by Gasteiger charge is -2.37. The van der Waals surface area contributed by atoms with Gasteiger partial charge in [-0.3, -0.25) is 4.79 Å². The van der Waals surface area contributed by atoms with E-state index in [4.69, 9.17) is 0 Å². The first-order valence-electron chi connectivity index (χ1n) is 5.95. The van der Waals surface area contributed by atoms with E-state index in [1.807, 2.05) is 18.7 Å². The van der Waals surface area contributed by atoms with Crippen molar-refractivity contribution in [1.29, 1.82) is 0 Å². The lowest BCUT2D eigenvalue weighted by atomic mass is 10.1. The average Bonchev–Trinajstić information content (AvgIpc) is 2.35. The van der Waals surface area contributed by atoms with Crippen LogP contribution in [0, 0.1) is 0 Å². The minimum absolute atomic E-state index is 0.0109. The van der Waals surface area contributed by atoms with Crippen molar-refractivity contribution in [2.75, 3.05) is 12.3 Å². The molecule has 0 saturated carbocycles. The number of phenols is 2. The lowest BCUT2D eigenvalue weighted by molar-refractivity contribution is 0.0694. The third kappa shape index (κ3) is 2.41. The number of hydrogen-bond donors (Lipinski definition) is 2. The van der Waals surface area contributed by atoms with E-state index >= 15 is 0 Å². The van der Waals surface area contributed by atoms with Crippen molar-refractivity contribution >= 4 is 17.7 Å². The largest absolute Gasteiger partial charge is 0.508 e. The molecule has 4 nitrogen and oxygen atoms in total. The molecule has 5 heteroatoms. The Labute approximate surface area is 111 Å². The predicted molar refractivity (Wildman–Crippen MR) is 72.2 cm³/mol. The van der Waals surface area contributed by atoms with Crippen LogP contribution in [-0.4, -0.2) is 44.6 Å². The van der Waals surface area contributed by atoms with E-state index in [1.54, 1.807) is 4.90 Å². The molecule has 1 saturated heterocycles. The molecule has 18 heavy (non-hydrogen) atoms. The molecule has 1 fully saturated rings. The first-order chi connectivity index (χ1) is 8.50. The number of amides is 1. The molecule has 1 aromatic carbocycles. The summed E-state index contributed by atoms with van der Waals surface area (Å²) in [6.07, 6.45) is 0. The van der Waals surface area contributed by atoms with E-state index in [-0.39, 0.29) is 29.0 Å². The van der Waals surface area contributed by atoms with Crippen molar-refractivity contribution in [3.05, 3.63) is 23.8 Å². The molecule has 2 rings (SSSR count). The fourth-order valence-electron chi connectivity index (χ4n) is 2.07. The summed E-state index contributed by atoms with van der Waals surface area (Å²) in [5.74, 6) is 0.582. The first-order valence-corrected chi connectivity index (χ1v) is 7.00. The van der Waals surface area contributed by atoms with E-state index in [1.165, 1.54) is 18.2 Å². The van der Waals surface area contributed by atoms with Gasteiger partial charge in [0.2, 0.25) is 0 Å². The topological polar surface area (TPSA) is 60.8 Å². The van der Waals surface area contributed by atoms with Crippen molar-refractivity contribution in [2.45, 2.75) is 25.1 Å². The van der Waals surface area contributed by atoms with Gasteiger partial charge >= 0.3 is 0 Å². The summed E-state index contributed by atoms with van der Waals surface area (Å²) in [5, 5.41) is 19.5. The highest BCUT2D eigenvalue weighted by Crippen LogP contribution is 2.29. The minimum Gasteiger partial charge on any atom is -0.508 e. The number of nitrogens with zero attached hydrogens (tertiary/aromatic N) is 1. The maximum absolute atomic E-state index is 12.4. The molecule has 0 aliphatic carbocycles. The predicted octanol–water partition coefficient (Wildman–Crippen LogP) is 2.06. The molecule has 0 radical (unpaired) electrons. The highest BCUT2D eigenvalue weighted by atomic mass is 32.2. The molecular weight excluding hydrogens is 250 g/mol. The van der Waals surface area contributed by atoms with Gasteiger partial charge in [-0.2, -0.15) is 11.8 Å². The summed E-state index contributed by atoms with van der Waals surface area (Å²) >= 11 is 1.84. The summed E-state index contributed by atoms with van der Waals surface area (Å²) in [5.41, 5.74) is 0.168. The molecule has 1 amide bonds. The van der Waals surface area contributed by atoms with Crippen molar-refractivity contribution < 1.29 is 15.0 Å². The Morgan fingerprint density at radius 1 is 1.39 bits per heavy atom. The summed E-state index contributed by atoms with van der Waals surface area (Å²) in [6.45, 7) is 4.77. The SMILES string of the molecule is CC1SCCN(C(=O)c2cc(O)ccc2O)C1C. The van der Waals surface area contributed by atoms with Crippen molar-refractivity contribution in [1.82, 2.24) is 4.90 Å². The molecule has 1 aliphatic rings. The molecule has 1 aromatic rings. The molecule has 2 N–H and O–H groups in total. The second kappa shape index (κ2) is 5.10. The fourth-order valence-corrected chi connectivity index (χ4v) is 3.17. The molecule has 0 bridgehead atoms. The van der Waals surface area contributed by atoms with Crippen molar-refractivity contribution in [3.8, 4) is 11.5 Å². The standard InChI is InChI=1S/C13H17NO3S/c1-8-9(2)18-6-5-14(8)13(17)11-7-10(15)3-4-12(11)16/h3-4,7-9,15-16H,5-6H2,1-2H3. The number of carbonyl (C=O) groups excluding carboxylic acids is 1. The quantitative estimate of drug-likeness (QED) is 0.765. The van der Waals surface area contributed by atoms with Gasteiger partial charge in [0.25, 0.3) is 5.91 Å². The summed E-state index contributed by atoms with van der Waals surface area (Å²) in [7, 11) is 0. The third-order valence-electron chi connectivity index (χ3n) is 3.36. The van der Waals surface area contributed by atoms with Gasteiger partial charge in [-0.1, -0.05) is 6.92 Å². The van der Waals surface area contributed by atoms with Crippen LogP contribution < -0.4 is 0 Å². The zero-order valence-electron chi connectivity index (χ0n) is 10.5. The van der Waals surface area contributed by atoms with Crippen molar-refractivity contribution in [3.63, 3.8) is 0 Å². The number of hydrogen-bond acceptors (Lipinski definition) is 4. The molecule has 1 heterocycles. The number of phenolic OH excluding ortho intramolecular Hbond substituents is 2. The fraction of sp³-hybridized carbons (Fsp3) is 0.462. The Bertz CT molecular complexity index is 464. The van der Waals surface area contributed by atoms with Crippen LogP contribution in [-0.2, 0) is 0 Å². The van der Waals surface area contributed by atoms with Gasteiger partial charge in [0.05, 0.1) is 5.56 Å². The second-order valence-electron chi connectivity index (χ2n) is 4.52. The Morgan fingerprint density at radius 3 is 2.83 bits per heavy atom. The van der Waals surface area contributed by atoms with Gasteiger partial charge in [0.1, 0.15) is 11.5 Å². The van der Waals surface area contributed by atoms with E-state index in [9.17, 15) is 15.0 Å². The normalized spacial score (nSPS) is 24.0. The monoisotopic (exact) mass is 267 g/mol. The second-order valence-corrected chi connectivity index (χ2v) is 6.00. The molecule has 0 spiro atoms. The summed E-state index contributed by atoms with van der Waals surface area (Å²) in [4.78, 5) is 14.1. The van der Waals surface area contributed by atoms with Crippen LogP contribution in [0.25, 0.3) is 0 Å². The van der Waals surface area contributed by atoms with Crippen LogP contribution in [0.2, 0.25) is 0 Å². The molecule has 2 atom stereocenters. The van der Waals surface area contributed by atoms with Crippen LogP contribution in [0.4, 0.5) is 0 Å². The smallest absolute Gasteiger partial charge is 0.258 e. The maximum atomic E-state index is 12.4. The Morgan fingerprint density at radius 2 is 2.11 bits per heavy atom. The van der Waals surface area contributed by atoms with Crippen LogP contribution in [0.15, 0.2) is 18.2 Å². The number of aromatic hydroxyl groups is 2. The number of carbonyl (C=O) groups is 1. The van der Waals surface area contributed by atoms with E-state index in [0.29, 0.717) is 11.8 Å². The Hall–Kier alpha value is -1.36. The van der Waals surface area contributed by atoms with Gasteiger partial charge in [0.15, 0.2) is 0 Å². The number of rotatable bonds is 1. The molecule has 2 unspecified atom stereocenters. The number of benzene rings is 1.